The molecule has 126 valence electrons. The average molecular weight is 317 g/mol. The Balaban J connectivity index is 1.72. The van der Waals surface area contributed by atoms with Crippen molar-refractivity contribution < 1.29 is 9.53 Å². The first-order valence-corrected chi connectivity index (χ1v) is 8.52. The molecule has 23 heavy (non-hydrogen) atoms. The second kappa shape index (κ2) is 6.79. The van der Waals surface area contributed by atoms with Crippen LogP contribution in [0.2, 0.25) is 0 Å². The number of nitrogens with zero attached hydrogens (tertiary/aromatic N) is 2. The van der Waals surface area contributed by atoms with Gasteiger partial charge in [-0.25, -0.2) is 4.79 Å². The molecular formula is C18H27N3O2. The van der Waals surface area contributed by atoms with Gasteiger partial charge in [0.15, 0.2) is 0 Å². The molecule has 0 aromatic heterocycles. The molecule has 0 aliphatic carbocycles. The Bertz CT molecular complexity index is 575. The van der Waals surface area contributed by atoms with Gasteiger partial charge in [-0.2, -0.15) is 0 Å². The van der Waals surface area contributed by atoms with E-state index in [1.807, 2.05) is 30.0 Å². The summed E-state index contributed by atoms with van der Waals surface area (Å²) in [6.45, 7) is 4.00. The molecule has 2 unspecified atom stereocenters. The number of carbonyl (C=O) groups excluding carboxylic acids is 1. The van der Waals surface area contributed by atoms with Gasteiger partial charge in [0, 0.05) is 18.6 Å². The maximum atomic E-state index is 12.8. The molecule has 5 heteroatoms. The number of rotatable bonds is 3. The van der Waals surface area contributed by atoms with Crippen molar-refractivity contribution in [2.24, 2.45) is 0 Å². The Kier molecular flexibility index (Phi) is 4.76. The number of urea groups is 1. The number of hydrogen-bond acceptors (Lipinski definition) is 3. The number of ether oxygens (including phenoxy) is 1. The number of aryl methyl sites for hydroxylation is 1. The number of likely N-dealkylation sites (N-methyl/N-ethyl adjacent to an activating group) is 1. The van der Waals surface area contributed by atoms with Crippen LogP contribution in [-0.2, 0) is 0 Å². The van der Waals surface area contributed by atoms with Crippen molar-refractivity contribution in [2.45, 2.75) is 44.7 Å². The molecule has 0 saturated carbocycles. The molecule has 2 fully saturated rings. The molecule has 3 rings (SSSR count). The first-order valence-electron chi connectivity index (χ1n) is 8.52. The average Bonchev–Trinajstić information content (AvgIpc) is 3.17. The van der Waals surface area contributed by atoms with Gasteiger partial charge in [-0.15, -0.1) is 0 Å². The van der Waals surface area contributed by atoms with Crippen LogP contribution in [0.15, 0.2) is 18.2 Å². The van der Waals surface area contributed by atoms with Gasteiger partial charge in [-0.3, -0.25) is 0 Å². The molecule has 2 saturated heterocycles. The SMILES string of the molecule is COc1cc(C)ccc1NC(=O)N1CCCC1C1CCCN1C. The van der Waals surface area contributed by atoms with Crippen LogP contribution < -0.4 is 10.1 Å². The second-order valence-corrected chi connectivity index (χ2v) is 6.73. The lowest BCUT2D eigenvalue weighted by Gasteiger charge is -2.33. The van der Waals surface area contributed by atoms with Crippen molar-refractivity contribution in [3.8, 4) is 5.75 Å². The quantitative estimate of drug-likeness (QED) is 0.932. The zero-order chi connectivity index (χ0) is 16.4. The lowest BCUT2D eigenvalue weighted by atomic mass is 10.0. The van der Waals surface area contributed by atoms with Gasteiger partial charge in [-0.1, -0.05) is 6.07 Å². The van der Waals surface area contributed by atoms with Crippen molar-refractivity contribution >= 4 is 11.7 Å². The van der Waals surface area contributed by atoms with Crippen molar-refractivity contribution in [3.63, 3.8) is 0 Å². The molecule has 2 amide bonds. The summed E-state index contributed by atoms with van der Waals surface area (Å²) in [6, 6.07) is 6.68. The lowest BCUT2D eigenvalue weighted by molar-refractivity contribution is 0.162. The van der Waals surface area contributed by atoms with Crippen molar-refractivity contribution in [3.05, 3.63) is 23.8 Å². The predicted octanol–water partition coefficient (Wildman–Crippen LogP) is 3.09. The minimum atomic E-state index is -0.00467. The van der Waals surface area contributed by atoms with E-state index < -0.39 is 0 Å². The minimum absolute atomic E-state index is 0.00467. The number of likely N-dealkylation sites (tertiary alicyclic amines) is 2. The molecule has 1 aromatic rings. The number of methoxy groups -OCH3 is 1. The standard InChI is InChI=1S/C18H27N3O2/c1-13-8-9-14(17(12-13)23-3)19-18(22)21-11-5-7-16(21)15-6-4-10-20(15)2/h8-9,12,15-16H,4-7,10-11H2,1-3H3,(H,19,22). The number of anilines is 1. The van der Waals surface area contributed by atoms with E-state index in [0.29, 0.717) is 17.8 Å². The number of nitrogens with one attached hydrogen (secondary N) is 1. The third-order valence-electron chi connectivity index (χ3n) is 5.18. The highest BCUT2D eigenvalue weighted by Gasteiger charge is 2.38. The highest BCUT2D eigenvalue weighted by molar-refractivity contribution is 5.91. The normalized spacial score (nSPS) is 24.9. The van der Waals surface area contributed by atoms with Gasteiger partial charge in [0.2, 0.25) is 0 Å². The molecule has 5 nitrogen and oxygen atoms in total. The molecule has 0 spiro atoms. The molecule has 0 radical (unpaired) electrons. The maximum Gasteiger partial charge on any atom is 0.322 e. The van der Waals surface area contributed by atoms with Gasteiger partial charge in [0.25, 0.3) is 0 Å². The van der Waals surface area contributed by atoms with Crippen LogP contribution in [0, 0.1) is 6.92 Å². The third kappa shape index (κ3) is 3.29. The van der Waals surface area contributed by atoms with Gasteiger partial charge >= 0.3 is 6.03 Å². The number of amides is 2. The fourth-order valence-corrected chi connectivity index (χ4v) is 3.96. The van der Waals surface area contributed by atoms with E-state index >= 15 is 0 Å². The molecule has 0 bridgehead atoms. The third-order valence-corrected chi connectivity index (χ3v) is 5.18. The number of carbonyl (C=O) groups is 1. The molecule has 1 N–H and O–H groups in total. The van der Waals surface area contributed by atoms with Crippen LogP contribution in [-0.4, -0.2) is 55.2 Å². The Hall–Kier alpha value is -1.75. The molecule has 2 heterocycles. The molecular weight excluding hydrogens is 290 g/mol. The summed E-state index contributed by atoms with van der Waals surface area (Å²) in [5.74, 6) is 0.715. The number of benzene rings is 1. The number of hydrogen-bond donors (Lipinski definition) is 1. The Morgan fingerprint density at radius 1 is 1.22 bits per heavy atom. The Morgan fingerprint density at radius 2 is 1.96 bits per heavy atom. The zero-order valence-corrected chi connectivity index (χ0v) is 14.3. The zero-order valence-electron chi connectivity index (χ0n) is 14.3. The Morgan fingerprint density at radius 3 is 2.65 bits per heavy atom. The summed E-state index contributed by atoms with van der Waals surface area (Å²) in [5.41, 5.74) is 1.86. The first-order chi connectivity index (χ1) is 11.1. The van der Waals surface area contributed by atoms with Crippen LogP contribution in [0.3, 0.4) is 0 Å². The van der Waals surface area contributed by atoms with Crippen LogP contribution in [0.25, 0.3) is 0 Å². The van der Waals surface area contributed by atoms with Crippen LogP contribution >= 0.6 is 0 Å². The lowest BCUT2D eigenvalue weighted by Crippen LogP contribution is -2.48. The first kappa shape index (κ1) is 16.1. The molecule has 1 aromatic carbocycles. The van der Waals surface area contributed by atoms with E-state index in [-0.39, 0.29) is 6.03 Å². The van der Waals surface area contributed by atoms with Gasteiger partial charge < -0.3 is 19.9 Å². The minimum Gasteiger partial charge on any atom is -0.495 e. The van der Waals surface area contributed by atoms with Crippen molar-refractivity contribution in [2.75, 3.05) is 32.6 Å². The van der Waals surface area contributed by atoms with Crippen LogP contribution in [0.5, 0.6) is 5.75 Å². The molecule has 2 aliphatic rings. The summed E-state index contributed by atoms with van der Waals surface area (Å²) in [7, 11) is 3.81. The van der Waals surface area contributed by atoms with E-state index in [1.54, 1.807) is 7.11 Å². The topological polar surface area (TPSA) is 44.8 Å². The predicted molar refractivity (Wildman–Crippen MR) is 92.1 cm³/mol. The summed E-state index contributed by atoms with van der Waals surface area (Å²) < 4.78 is 5.39. The van der Waals surface area contributed by atoms with E-state index in [2.05, 4.69) is 17.3 Å². The molecule has 2 aliphatic heterocycles. The fourth-order valence-electron chi connectivity index (χ4n) is 3.96. The maximum absolute atomic E-state index is 12.8. The van der Waals surface area contributed by atoms with Crippen molar-refractivity contribution in [1.82, 2.24) is 9.80 Å². The highest BCUT2D eigenvalue weighted by atomic mass is 16.5. The fraction of sp³-hybridized carbons (Fsp3) is 0.611. The van der Waals surface area contributed by atoms with E-state index in [9.17, 15) is 4.79 Å². The summed E-state index contributed by atoms with van der Waals surface area (Å²) in [4.78, 5) is 17.2. The van der Waals surface area contributed by atoms with Gasteiger partial charge in [0.1, 0.15) is 5.75 Å². The summed E-state index contributed by atoms with van der Waals surface area (Å²) in [5, 5.41) is 3.04. The van der Waals surface area contributed by atoms with Gasteiger partial charge in [0.05, 0.1) is 12.8 Å². The monoisotopic (exact) mass is 317 g/mol. The smallest absolute Gasteiger partial charge is 0.322 e. The highest BCUT2D eigenvalue weighted by Crippen LogP contribution is 2.31. The summed E-state index contributed by atoms with van der Waals surface area (Å²) >= 11 is 0. The molecule has 2 atom stereocenters. The van der Waals surface area contributed by atoms with Crippen LogP contribution in [0.4, 0.5) is 10.5 Å². The largest absolute Gasteiger partial charge is 0.495 e. The van der Waals surface area contributed by atoms with Crippen molar-refractivity contribution in [1.29, 1.82) is 0 Å². The van der Waals surface area contributed by atoms with E-state index in [4.69, 9.17) is 4.74 Å². The van der Waals surface area contributed by atoms with Gasteiger partial charge in [-0.05, 0) is 63.9 Å². The summed E-state index contributed by atoms with van der Waals surface area (Å²) in [6.07, 6.45) is 4.62. The van der Waals surface area contributed by atoms with Crippen LogP contribution in [0.1, 0.15) is 31.2 Å². The Labute approximate surface area is 138 Å². The second-order valence-electron chi connectivity index (χ2n) is 6.73. The van der Waals surface area contributed by atoms with E-state index in [0.717, 1.165) is 37.2 Å². The van der Waals surface area contributed by atoms with E-state index in [1.165, 1.54) is 12.8 Å².